The second kappa shape index (κ2) is 9.05. The lowest BCUT2D eigenvalue weighted by molar-refractivity contribution is -0.142. The number of hydrogen-bond acceptors (Lipinski definition) is 5. The molecular formula is C14H16Cl3NO5. The number of hydrogen-bond donors (Lipinski definition) is 1. The molecule has 1 aromatic carbocycles. The molecule has 1 atom stereocenters. The Morgan fingerprint density at radius 3 is 2.30 bits per heavy atom. The summed E-state index contributed by atoms with van der Waals surface area (Å²) in [7, 11) is 1.27. The monoisotopic (exact) mass is 383 g/mol. The second-order valence-corrected chi connectivity index (χ2v) is 6.64. The predicted octanol–water partition coefficient (Wildman–Crippen LogP) is 3.40. The van der Waals surface area contributed by atoms with Crippen molar-refractivity contribution in [3.63, 3.8) is 0 Å². The fourth-order valence-corrected chi connectivity index (χ4v) is 2.14. The van der Waals surface area contributed by atoms with Crippen molar-refractivity contribution in [3.8, 4) is 5.75 Å². The van der Waals surface area contributed by atoms with Crippen LogP contribution in [-0.4, -0.2) is 36.2 Å². The molecule has 1 rings (SSSR count). The molecule has 1 N–H and O–H groups in total. The summed E-state index contributed by atoms with van der Waals surface area (Å²) in [6.45, 7) is 1.64. The van der Waals surface area contributed by atoms with Crippen LogP contribution in [0.5, 0.6) is 5.75 Å². The standard InChI is InChI=1S/C14H16Cl3NO5/c1-3-22-13(20)18-12(14(15,16)17)9-4-6-10(7-5-9)23-8-11(19)21-2/h4-7,12H,3,8H2,1-2H3,(H,18,20). The van der Waals surface area contributed by atoms with E-state index in [1.165, 1.54) is 7.11 Å². The van der Waals surface area contributed by atoms with Crippen molar-refractivity contribution in [1.29, 1.82) is 0 Å². The quantitative estimate of drug-likeness (QED) is 0.601. The minimum absolute atomic E-state index is 0.193. The lowest BCUT2D eigenvalue weighted by Crippen LogP contribution is -2.36. The van der Waals surface area contributed by atoms with Crippen molar-refractivity contribution < 1.29 is 23.8 Å². The highest BCUT2D eigenvalue weighted by Gasteiger charge is 2.35. The Morgan fingerprint density at radius 1 is 1.22 bits per heavy atom. The van der Waals surface area contributed by atoms with Crippen LogP contribution in [-0.2, 0) is 14.3 Å². The summed E-state index contributed by atoms with van der Waals surface area (Å²) in [5.41, 5.74) is 0.531. The van der Waals surface area contributed by atoms with Crippen LogP contribution in [0.15, 0.2) is 24.3 Å². The molecule has 0 aliphatic rings. The molecule has 128 valence electrons. The number of benzene rings is 1. The van der Waals surface area contributed by atoms with Gasteiger partial charge in [-0.3, -0.25) is 0 Å². The van der Waals surface area contributed by atoms with Crippen molar-refractivity contribution in [2.24, 2.45) is 0 Å². The maximum absolute atomic E-state index is 11.6. The van der Waals surface area contributed by atoms with E-state index >= 15 is 0 Å². The van der Waals surface area contributed by atoms with Crippen molar-refractivity contribution in [3.05, 3.63) is 29.8 Å². The van der Waals surface area contributed by atoms with E-state index in [0.29, 0.717) is 11.3 Å². The third-order valence-electron chi connectivity index (χ3n) is 2.66. The fourth-order valence-electron chi connectivity index (χ4n) is 1.60. The minimum atomic E-state index is -1.78. The highest BCUT2D eigenvalue weighted by Crippen LogP contribution is 2.40. The van der Waals surface area contributed by atoms with Gasteiger partial charge in [-0.25, -0.2) is 9.59 Å². The Morgan fingerprint density at radius 2 is 1.83 bits per heavy atom. The van der Waals surface area contributed by atoms with Gasteiger partial charge >= 0.3 is 12.1 Å². The predicted molar refractivity (Wildman–Crippen MR) is 87.1 cm³/mol. The van der Waals surface area contributed by atoms with E-state index in [-0.39, 0.29) is 13.2 Å². The molecule has 9 heteroatoms. The highest BCUT2D eigenvalue weighted by atomic mass is 35.6. The first kappa shape index (κ1) is 19.7. The first-order valence-corrected chi connectivity index (χ1v) is 7.71. The lowest BCUT2D eigenvalue weighted by atomic mass is 10.1. The largest absolute Gasteiger partial charge is 0.482 e. The Balaban J connectivity index is 2.83. The molecule has 0 fully saturated rings. The summed E-state index contributed by atoms with van der Waals surface area (Å²) >= 11 is 17.7. The first-order chi connectivity index (χ1) is 10.8. The maximum Gasteiger partial charge on any atom is 0.407 e. The van der Waals surface area contributed by atoms with Gasteiger partial charge in [0.05, 0.1) is 13.7 Å². The summed E-state index contributed by atoms with van der Waals surface area (Å²) in [6.07, 6.45) is -0.699. The SMILES string of the molecule is CCOC(=O)NC(c1ccc(OCC(=O)OC)cc1)C(Cl)(Cl)Cl. The van der Waals surface area contributed by atoms with Gasteiger partial charge in [-0.15, -0.1) is 0 Å². The summed E-state index contributed by atoms with van der Waals surface area (Å²) in [5, 5.41) is 2.48. The summed E-state index contributed by atoms with van der Waals surface area (Å²) in [6, 6.07) is 5.45. The Hall–Kier alpha value is -1.37. The number of ether oxygens (including phenoxy) is 3. The van der Waals surface area contributed by atoms with Crippen LogP contribution >= 0.6 is 34.8 Å². The lowest BCUT2D eigenvalue weighted by Gasteiger charge is -2.25. The Bertz CT molecular complexity index is 530. The molecule has 1 amide bonds. The third kappa shape index (κ3) is 6.72. The molecule has 0 heterocycles. The van der Waals surface area contributed by atoms with Gasteiger partial charge in [0.1, 0.15) is 11.8 Å². The van der Waals surface area contributed by atoms with Crippen LogP contribution in [0, 0.1) is 0 Å². The second-order valence-electron chi connectivity index (χ2n) is 4.27. The number of carbonyl (C=O) groups excluding carboxylic acids is 2. The number of halogens is 3. The number of alkyl halides is 3. The summed E-state index contributed by atoms with van der Waals surface area (Å²) in [5.74, 6) is -0.0735. The average Bonchev–Trinajstić information content (AvgIpc) is 2.50. The van der Waals surface area contributed by atoms with Gasteiger partial charge in [0, 0.05) is 0 Å². The number of rotatable bonds is 6. The van der Waals surface area contributed by atoms with E-state index in [1.807, 2.05) is 0 Å². The van der Waals surface area contributed by atoms with Crippen LogP contribution < -0.4 is 10.1 Å². The van der Waals surface area contributed by atoms with Crippen LogP contribution in [0.1, 0.15) is 18.5 Å². The first-order valence-electron chi connectivity index (χ1n) is 6.57. The molecule has 0 aromatic heterocycles. The number of carbonyl (C=O) groups is 2. The molecular weight excluding hydrogens is 369 g/mol. The number of esters is 1. The van der Waals surface area contributed by atoms with E-state index in [4.69, 9.17) is 44.3 Å². The van der Waals surface area contributed by atoms with E-state index in [2.05, 4.69) is 10.1 Å². The van der Waals surface area contributed by atoms with Crippen LogP contribution in [0.3, 0.4) is 0 Å². The van der Waals surface area contributed by atoms with E-state index < -0.39 is 21.9 Å². The zero-order chi connectivity index (χ0) is 17.5. The molecule has 1 aromatic rings. The molecule has 0 aliphatic carbocycles. The summed E-state index contributed by atoms with van der Waals surface area (Å²) in [4.78, 5) is 22.6. The Labute approximate surface area is 148 Å². The van der Waals surface area contributed by atoms with Crippen molar-refractivity contribution in [2.45, 2.75) is 16.8 Å². The van der Waals surface area contributed by atoms with Crippen molar-refractivity contribution >= 4 is 46.9 Å². The molecule has 6 nitrogen and oxygen atoms in total. The van der Waals surface area contributed by atoms with E-state index in [9.17, 15) is 9.59 Å². The molecule has 0 aliphatic heterocycles. The highest BCUT2D eigenvalue weighted by molar-refractivity contribution is 6.68. The van der Waals surface area contributed by atoms with Crippen molar-refractivity contribution in [2.75, 3.05) is 20.3 Å². The van der Waals surface area contributed by atoms with Crippen LogP contribution in [0.25, 0.3) is 0 Å². The number of alkyl carbamates (subject to hydrolysis) is 1. The number of amides is 1. The molecule has 0 bridgehead atoms. The van der Waals surface area contributed by atoms with Gasteiger partial charge < -0.3 is 19.5 Å². The van der Waals surface area contributed by atoms with Crippen LogP contribution in [0.4, 0.5) is 4.79 Å². The van der Waals surface area contributed by atoms with Crippen LogP contribution in [0.2, 0.25) is 0 Å². The molecule has 23 heavy (non-hydrogen) atoms. The van der Waals surface area contributed by atoms with Crippen molar-refractivity contribution in [1.82, 2.24) is 5.32 Å². The maximum atomic E-state index is 11.6. The average molecular weight is 385 g/mol. The van der Waals surface area contributed by atoms with Gasteiger partial charge in [0.2, 0.25) is 3.79 Å². The van der Waals surface area contributed by atoms with Gasteiger partial charge in [0.15, 0.2) is 6.61 Å². The van der Waals surface area contributed by atoms with Gasteiger partial charge in [-0.2, -0.15) is 0 Å². The zero-order valence-electron chi connectivity index (χ0n) is 12.5. The third-order valence-corrected chi connectivity index (χ3v) is 3.32. The smallest absolute Gasteiger partial charge is 0.407 e. The Kier molecular flexibility index (Phi) is 7.75. The molecule has 1 unspecified atom stereocenters. The number of methoxy groups -OCH3 is 1. The normalized spacial score (nSPS) is 12.2. The van der Waals surface area contributed by atoms with Gasteiger partial charge in [0.25, 0.3) is 0 Å². The zero-order valence-corrected chi connectivity index (χ0v) is 14.7. The molecule has 0 spiro atoms. The minimum Gasteiger partial charge on any atom is -0.482 e. The summed E-state index contributed by atoms with van der Waals surface area (Å²) < 4.78 is 12.7. The fraction of sp³-hybridized carbons (Fsp3) is 0.429. The molecule has 0 radical (unpaired) electrons. The topological polar surface area (TPSA) is 73.9 Å². The molecule has 0 saturated heterocycles. The van der Waals surface area contributed by atoms with E-state index in [1.54, 1.807) is 31.2 Å². The van der Waals surface area contributed by atoms with Gasteiger partial charge in [-0.1, -0.05) is 46.9 Å². The van der Waals surface area contributed by atoms with E-state index in [0.717, 1.165) is 0 Å². The van der Waals surface area contributed by atoms with Gasteiger partial charge in [-0.05, 0) is 24.6 Å². The number of nitrogens with one attached hydrogen (secondary N) is 1. The molecule has 0 saturated carbocycles.